The Hall–Kier alpha value is -4.13. The summed E-state index contributed by atoms with van der Waals surface area (Å²) in [7, 11) is 3.67. The van der Waals surface area contributed by atoms with Crippen LogP contribution in [0.25, 0.3) is 22.3 Å². The van der Waals surface area contributed by atoms with Gasteiger partial charge in [0, 0.05) is 69.1 Å². The molecule has 5 heterocycles. The number of pyridine rings is 2. The van der Waals surface area contributed by atoms with Gasteiger partial charge in [-0.1, -0.05) is 0 Å². The summed E-state index contributed by atoms with van der Waals surface area (Å²) in [5.74, 6) is -0.848. The Labute approximate surface area is 269 Å². The van der Waals surface area contributed by atoms with E-state index in [-0.39, 0.29) is 23.8 Å². The number of anilines is 2. The summed E-state index contributed by atoms with van der Waals surface area (Å²) in [5, 5.41) is 13.6. The predicted molar refractivity (Wildman–Crippen MR) is 177 cm³/mol. The van der Waals surface area contributed by atoms with E-state index >= 15 is 4.39 Å². The molecule has 11 nitrogen and oxygen atoms in total. The van der Waals surface area contributed by atoms with E-state index in [2.05, 4.69) is 43.1 Å². The standard InChI is InChI=1S/C34H43FN8O3/c1-22-18-25(30(35)31(37-22)26-20-36-11-8-29(26)46-5)32(44)39-33-38-27-19-24(6-7-28(27)43(33)21-34(2,3)45)41-12-9-23(10-13-41)42-16-14-40(4)15-17-42/h6-8,11,18-20,23,45H,9-10,12-17,21H2,1-5H3,(H,38,39,44). The molecule has 12 heteroatoms. The van der Waals surface area contributed by atoms with E-state index in [1.165, 1.54) is 19.4 Å². The Morgan fingerprint density at radius 1 is 1.09 bits per heavy atom. The quantitative estimate of drug-likeness (QED) is 0.296. The molecule has 2 aliphatic rings. The Morgan fingerprint density at radius 3 is 2.52 bits per heavy atom. The highest BCUT2D eigenvalue weighted by Gasteiger charge is 2.28. The summed E-state index contributed by atoms with van der Waals surface area (Å²) < 4.78 is 23.1. The number of amides is 1. The zero-order valence-electron chi connectivity index (χ0n) is 27.3. The van der Waals surface area contributed by atoms with Gasteiger partial charge in [-0.05, 0) is 71.0 Å². The van der Waals surface area contributed by atoms with Gasteiger partial charge < -0.3 is 24.2 Å². The highest BCUT2D eigenvalue weighted by molar-refractivity contribution is 6.05. The van der Waals surface area contributed by atoms with E-state index in [0.717, 1.165) is 63.3 Å². The molecule has 1 aromatic carbocycles. The number of halogens is 1. The number of piperazine rings is 1. The van der Waals surface area contributed by atoms with Gasteiger partial charge in [-0.25, -0.2) is 14.4 Å². The van der Waals surface area contributed by atoms with Crippen LogP contribution in [0.3, 0.4) is 0 Å². The molecule has 1 amide bonds. The maximum atomic E-state index is 15.9. The maximum Gasteiger partial charge on any atom is 0.261 e. The van der Waals surface area contributed by atoms with Crippen LogP contribution in [0.5, 0.6) is 5.75 Å². The van der Waals surface area contributed by atoms with E-state index in [4.69, 9.17) is 9.72 Å². The molecule has 0 bridgehead atoms. The minimum absolute atomic E-state index is 0.0267. The van der Waals surface area contributed by atoms with E-state index in [9.17, 15) is 9.90 Å². The van der Waals surface area contributed by atoms with Crippen LogP contribution in [0, 0.1) is 12.7 Å². The molecule has 2 fully saturated rings. The van der Waals surface area contributed by atoms with E-state index in [1.807, 2.05) is 12.1 Å². The number of ether oxygens (including phenoxy) is 1. The van der Waals surface area contributed by atoms with Crippen molar-refractivity contribution in [3.8, 4) is 17.0 Å². The molecule has 244 valence electrons. The zero-order valence-corrected chi connectivity index (χ0v) is 27.3. The molecule has 0 spiro atoms. The van der Waals surface area contributed by atoms with Crippen molar-refractivity contribution in [2.45, 2.75) is 51.8 Å². The lowest BCUT2D eigenvalue weighted by atomic mass is 10.0. The third-order valence-electron chi connectivity index (χ3n) is 8.97. The minimum Gasteiger partial charge on any atom is -0.496 e. The lowest BCUT2D eigenvalue weighted by Gasteiger charge is -2.42. The number of aromatic nitrogens is 4. The Morgan fingerprint density at radius 2 is 1.83 bits per heavy atom. The molecule has 2 saturated heterocycles. The molecule has 0 radical (unpaired) electrons. The number of hydrogen-bond donors (Lipinski definition) is 2. The second kappa shape index (κ2) is 12.9. The molecule has 0 saturated carbocycles. The molecule has 3 aromatic heterocycles. The van der Waals surface area contributed by atoms with Gasteiger partial charge in [-0.2, -0.15) is 0 Å². The first kappa shape index (κ1) is 31.8. The summed E-state index contributed by atoms with van der Waals surface area (Å²) in [4.78, 5) is 34.3. The van der Waals surface area contributed by atoms with Gasteiger partial charge in [0.05, 0.1) is 41.4 Å². The van der Waals surface area contributed by atoms with Crippen molar-refractivity contribution >= 4 is 28.6 Å². The fourth-order valence-corrected chi connectivity index (χ4v) is 6.54. The molecular weight excluding hydrogens is 587 g/mol. The van der Waals surface area contributed by atoms with Gasteiger partial charge in [-0.3, -0.25) is 20.0 Å². The summed E-state index contributed by atoms with van der Waals surface area (Å²) in [6, 6.07) is 9.72. The van der Waals surface area contributed by atoms with Crippen molar-refractivity contribution in [1.29, 1.82) is 0 Å². The van der Waals surface area contributed by atoms with Crippen LogP contribution in [0.1, 0.15) is 42.7 Å². The number of methoxy groups -OCH3 is 1. The summed E-state index contributed by atoms with van der Waals surface area (Å²) in [5.41, 5.74) is 2.01. The number of fused-ring (bicyclic) bond motifs is 1. The van der Waals surface area contributed by atoms with Crippen LogP contribution >= 0.6 is 0 Å². The number of likely N-dealkylation sites (N-methyl/N-ethyl adjacent to an activating group) is 1. The second-order valence-corrected chi connectivity index (χ2v) is 13.1. The lowest BCUT2D eigenvalue weighted by molar-refractivity contribution is 0.0630. The first-order valence-corrected chi connectivity index (χ1v) is 15.9. The monoisotopic (exact) mass is 630 g/mol. The number of nitrogens with zero attached hydrogens (tertiary/aromatic N) is 7. The third-order valence-corrected chi connectivity index (χ3v) is 8.97. The molecule has 46 heavy (non-hydrogen) atoms. The van der Waals surface area contributed by atoms with E-state index in [0.29, 0.717) is 28.6 Å². The largest absolute Gasteiger partial charge is 0.496 e. The van der Waals surface area contributed by atoms with Gasteiger partial charge in [-0.15, -0.1) is 0 Å². The Kier molecular flexibility index (Phi) is 8.95. The average Bonchev–Trinajstić information content (AvgIpc) is 3.36. The average molecular weight is 631 g/mol. The van der Waals surface area contributed by atoms with Crippen molar-refractivity contribution < 1.29 is 19.0 Å². The van der Waals surface area contributed by atoms with Gasteiger partial charge in [0.1, 0.15) is 11.4 Å². The van der Waals surface area contributed by atoms with Gasteiger partial charge in [0.25, 0.3) is 5.91 Å². The number of nitrogens with one attached hydrogen (secondary N) is 1. The van der Waals surface area contributed by atoms with Gasteiger partial charge in [0.15, 0.2) is 5.82 Å². The summed E-state index contributed by atoms with van der Waals surface area (Å²) in [6.45, 7) is 11.7. The van der Waals surface area contributed by atoms with Gasteiger partial charge in [0.2, 0.25) is 5.95 Å². The van der Waals surface area contributed by atoms with Crippen LogP contribution in [0.4, 0.5) is 16.0 Å². The molecular formula is C34H43FN8O3. The van der Waals surface area contributed by atoms with E-state index in [1.54, 1.807) is 37.6 Å². The molecule has 2 N–H and O–H groups in total. The third kappa shape index (κ3) is 6.69. The topological polar surface area (TPSA) is 112 Å². The highest BCUT2D eigenvalue weighted by Crippen LogP contribution is 2.33. The number of aryl methyl sites for hydroxylation is 1. The van der Waals surface area contributed by atoms with Crippen LogP contribution in [-0.4, -0.2) is 105 Å². The number of piperidine rings is 1. The number of rotatable bonds is 8. The number of carbonyl (C=O) groups excluding carboxylic acids is 1. The fourth-order valence-electron chi connectivity index (χ4n) is 6.54. The summed E-state index contributed by atoms with van der Waals surface area (Å²) in [6.07, 6.45) is 5.22. The molecule has 0 atom stereocenters. The number of hydrogen-bond acceptors (Lipinski definition) is 9. The van der Waals surface area contributed by atoms with Crippen molar-refractivity contribution in [3.63, 3.8) is 0 Å². The van der Waals surface area contributed by atoms with Crippen LogP contribution in [0.2, 0.25) is 0 Å². The van der Waals surface area contributed by atoms with Crippen molar-refractivity contribution in [2.24, 2.45) is 0 Å². The smallest absolute Gasteiger partial charge is 0.261 e. The molecule has 6 rings (SSSR count). The minimum atomic E-state index is -1.10. The summed E-state index contributed by atoms with van der Waals surface area (Å²) >= 11 is 0. The van der Waals surface area contributed by atoms with Crippen LogP contribution in [0.15, 0.2) is 42.7 Å². The van der Waals surface area contributed by atoms with Crippen LogP contribution in [-0.2, 0) is 6.54 Å². The highest BCUT2D eigenvalue weighted by atomic mass is 19.1. The molecule has 2 aliphatic heterocycles. The second-order valence-electron chi connectivity index (χ2n) is 13.1. The molecule has 0 aliphatic carbocycles. The van der Waals surface area contributed by atoms with Crippen molar-refractivity contribution in [1.82, 2.24) is 29.3 Å². The fraction of sp³-hybridized carbons (Fsp3) is 0.471. The van der Waals surface area contributed by atoms with E-state index < -0.39 is 17.3 Å². The maximum absolute atomic E-state index is 15.9. The molecule has 4 aromatic rings. The van der Waals surface area contributed by atoms with Gasteiger partial charge >= 0.3 is 0 Å². The molecule has 0 unspecified atom stereocenters. The number of benzene rings is 1. The number of imidazole rings is 1. The van der Waals surface area contributed by atoms with Crippen LogP contribution < -0.4 is 15.0 Å². The normalized spacial score (nSPS) is 17.1. The first-order chi connectivity index (χ1) is 22.0. The number of aliphatic hydroxyl groups is 1. The Bertz CT molecular complexity index is 1720. The van der Waals surface area contributed by atoms with Crippen molar-refractivity contribution in [3.05, 3.63) is 59.8 Å². The number of carbonyl (C=O) groups is 1. The lowest BCUT2D eigenvalue weighted by Crippen LogP contribution is -2.52. The SMILES string of the molecule is COc1ccncc1-c1nc(C)cc(C(=O)Nc2nc3cc(N4CCC(N5CCN(C)CC5)CC4)ccc3n2CC(C)(C)O)c1F. The first-order valence-electron chi connectivity index (χ1n) is 15.9. The Balaban J connectivity index is 1.27. The zero-order chi connectivity index (χ0) is 32.6. The predicted octanol–water partition coefficient (Wildman–Crippen LogP) is 4.19. The van der Waals surface area contributed by atoms with Crippen molar-refractivity contribution in [2.75, 3.05) is 63.6 Å².